The number of carbonyl (C=O) groups excluding carboxylic acids is 2. The van der Waals surface area contributed by atoms with Gasteiger partial charge >= 0.3 is 0 Å². The molecule has 3 rings (SSSR count). The number of piperazine rings is 1. The van der Waals surface area contributed by atoms with Crippen molar-refractivity contribution in [3.05, 3.63) is 35.6 Å². The van der Waals surface area contributed by atoms with Crippen molar-refractivity contribution in [3.63, 3.8) is 0 Å². The van der Waals surface area contributed by atoms with Crippen molar-refractivity contribution in [1.29, 1.82) is 0 Å². The van der Waals surface area contributed by atoms with Crippen molar-refractivity contribution in [3.8, 4) is 0 Å². The van der Waals surface area contributed by atoms with Gasteiger partial charge in [0.15, 0.2) is 0 Å². The fraction of sp³-hybridized carbons (Fsp3) is 0.467. The topological polar surface area (TPSA) is 40.6 Å². The number of hydrogen-bond acceptors (Lipinski definition) is 3. The predicted octanol–water partition coefficient (Wildman–Crippen LogP) is 1.50. The van der Waals surface area contributed by atoms with Crippen molar-refractivity contribution in [1.82, 2.24) is 9.80 Å². The molecule has 0 radical (unpaired) electrons. The summed E-state index contributed by atoms with van der Waals surface area (Å²) in [7, 11) is 1.68. The first kappa shape index (κ1) is 14.4. The first-order chi connectivity index (χ1) is 10.1. The first-order valence-corrected chi connectivity index (χ1v) is 8.01. The molecule has 2 heterocycles. The number of fused-ring (bicyclic) bond motifs is 1. The van der Waals surface area contributed by atoms with Crippen LogP contribution < -0.4 is 0 Å². The van der Waals surface area contributed by atoms with Gasteiger partial charge in [-0.2, -0.15) is 11.8 Å². The van der Waals surface area contributed by atoms with Crippen LogP contribution in [0.2, 0.25) is 0 Å². The number of rotatable bonds is 3. The molecule has 0 bridgehead atoms. The van der Waals surface area contributed by atoms with E-state index in [0.29, 0.717) is 6.54 Å². The third-order valence-electron chi connectivity index (χ3n) is 4.04. The maximum Gasteiger partial charge on any atom is 0.246 e. The van der Waals surface area contributed by atoms with Crippen LogP contribution in [-0.4, -0.2) is 53.0 Å². The van der Waals surface area contributed by atoms with Crippen molar-refractivity contribution < 1.29 is 14.0 Å². The van der Waals surface area contributed by atoms with Gasteiger partial charge in [0.2, 0.25) is 11.8 Å². The Morgan fingerprint density at radius 3 is 2.71 bits per heavy atom. The van der Waals surface area contributed by atoms with E-state index >= 15 is 0 Å². The SMILES string of the molecule is CN1CC(=O)N2CCC(SCc3ccc(F)cc3)C2C1=O. The van der Waals surface area contributed by atoms with Crippen molar-refractivity contribution >= 4 is 23.6 Å². The summed E-state index contributed by atoms with van der Waals surface area (Å²) in [6.45, 7) is 0.842. The van der Waals surface area contributed by atoms with Gasteiger partial charge in [0.25, 0.3) is 0 Å². The summed E-state index contributed by atoms with van der Waals surface area (Å²) < 4.78 is 12.9. The van der Waals surface area contributed by atoms with Crippen LogP contribution in [0.25, 0.3) is 0 Å². The van der Waals surface area contributed by atoms with Crippen molar-refractivity contribution in [2.24, 2.45) is 0 Å². The quantitative estimate of drug-likeness (QED) is 0.850. The largest absolute Gasteiger partial charge is 0.335 e. The molecular weight excluding hydrogens is 291 g/mol. The lowest BCUT2D eigenvalue weighted by Crippen LogP contribution is -2.58. The van der Waals surface area contributed by atoms with E-state index in [2.05, 4.69) is 0 Å². The summed E-state index contributed by atoms with van der Waals surface area (Å²) in [6, 6.07) is 6.07. The number of thioether (sulfide) groups is 1. The minimum absolute atomic E-state index is 0.0312. The zero-order chi connectivity index (χ0) is 15.0. The van der Waals surface area contributed by atoms with E-state index in [1.54, 1.807) is 35.8 Å². The maximum atomic E-state index is 12.9. The number of benzene rings is 1. The summed E-state index contributed by atoms with van der Waals surface area (Å²) in [5, 5.41) is 0.120. The zero-order valence-corrected chi connectivity index (χ0v) is 12.6. The van der Waals surface area contributed by atoms with E-state index < -0.39 is 0 Å². The van der Waals surface area contributed by atoms with Crippen LogP contribution in [0.15, 0.2) is 24.3 Å². The Morgan fingerprint density at radius 1 is 1.29 bits per heavy atom. The molecule has 112 valence electrons. The van der Waals surface area contributed by atoms with Gasteiger partial charge in [-0.15, -0.1) is 0 Å². The van der Waals surface area contributed by atoms with Gasteiger partial charge in [-0.05, 0) is 24.1 Å². The highest BCUT2D eigenvalue weighted by Crippen LogP contribution is 2.34. The van der Waals surface area contributed by atoms with Crippen LogP contribution in [-0.2, 0) is 15.3 Å². The molecule has 2 amide bonds. The van der Waals surface area contributed by atoms with E-state index in [1.165, 1.54) is 17.0 Å². The standard InChI is InChI=1S/C15H17FN2O2S/c1-17-8-13(19)18-7-6-12(14(18)15(17)20)21-9-10-2-4-11(16)5-3-10/h2-5,12,14H,6-9H2,1H3. The lowest BCUT2D eigenvalue weighted by Gasteiger charge is -2.36. The fourth-order valence-corrected chi connectivity index (χ4v) is 4.21. The lowest BCUT2D eigenvalue weighted by atomic mass is 10.1. The zero-order valence-electron chi connectivity index (χ0n) is 11.8. The van der Waals surface area contributed by atoms with E-state index in [4.69, 9.17) is 0 Å². The number of amides is 2. The molecule has 21 heavy (non-hydrogen) atoms. The van der Waals surface area contributed by atoms with Gasteiger partial charge in [-0.3, -0.25) is 9.59 Å². The van der Waals surface area contributed by atoms with Gasteiger partial charge < -0.3 is 9.80 Å². The summed E-state index contributed by atoms with van der Waals surface area (Å²) >= 11 is 1.67. The average Bonchev–Trinajstić information content (AvgIpc) is 2.89. The van der Waals surface area contributed by atoms with Gasteiger partial charge in [-0.25, -0.2) is 4.39 Å². The Bertz CT molecular complexity index is 563. The van der Waals surface area contributed by atoms with Crippen LogP contribution in [0.4, 0.5) is 4.39 Å². The molecule has 4 nitrogen and oxygen atoms in total. The summed E-state index contributed by atoms with van der Waals surface area (Å²) in [4.78, 5) is 27.5. The highest BCUT2D eigenvalue weighted by atomic mass is 32.2. The molecule has 1 aromatic rings. The molecule has 2 fully saturated rings. The molecule has 2 aliphatic heterocycles. The van der Waals surface area contributed by atoms with E-state index in [1.807, 2.05) is 0 Å². The molecule has 0 spiro atoms. The molecule has 2 aliphatic rings. The van der Waals surface area contributed by atoms with Crippen LogP contribution in [0.3, 0.4) is 0 Å². The third kappa shape index (κ3) is 2.77. The van der Waals surface area contributed by atoms with Gasteiger partial charge in [0.1, 0.15) is 11.9 Å². The normalized spacial score (nSPS) is 25.4. The predicted molar refractivity (Wildman–Crippen MR) is 79.2 cm³/mol. The van der Waals surface area contributed by atoms with E-state index in [-0.39, 0.29) is 35.5 Å². The number of likely N-dealkylation sites (N-methyl/N-ethyl adjacent to an activating group) is 1. The average molecular weight is 308 g/mol. The van der Waals surface area contributed by atoms with Gasteiger partial charge in [0.05, 0.1) is 6.54 Å². The number of halogens is 1. The minimum Gasteiger partial charge on any atom is -0.335 e. The second-order valence-corrected chi connectivity index (χ2v) is 6.72. The van der Waals surface area contributed by atoms with Crippen LogP contribution in [0, 0.1) is 5.82 Å². The molecule has 2 saturated heterocycles. The Hall–Kier alpha value is -1.56. The van der Waals surface area contributed by atoms with Gasteiger partial charge in [0, 0.05) is 24.6 Å². The van der Waals surface area contributed by atoms with Crippen molar-refractivity contribution in [2.45, 2.75) is 23.5 Å². The number of carbonyl (C=O) groups is 2. The van der Waals surface area contributed by atoms with Gasteiger partial charge in [-0.1, -0.05) is 12.1 Å². The molecule has 6 heteroatoms. The van der Waals surface area contributed by atoms with Crippen LogP contribution in [0.5, 0.6) is 0 Å². The van der Waals surface area contributed by atoms with Crippen LogP contribution >= 0.6 is 11.8 Å². The van der Waals surface area contributed by atoms with Crippen molar-refractivity contribution in [2.75, 3.05) is 20.1 Å². The molecule has 0 aliphatic carbocycles. The Labute approximate surface area is 127 Å². The molecule has 0 aromatic heterocycles. The number of hydrogen-bond donors (Lipinski definition) is 0. The summed E-state index contributed by atoms with van der Waals surface area (Å²) in [5.74, 6) is 0.543. The molecule has 1 aromatic carbocycles. The minimum atomic E-state index is -0.332. The third-order valence-corrected chi connectivity index (χ3v) is 5.46. The first-order valence-electron chi connectivity index (χ1n) is 6.97. The summed E-state index contributed by atoms with van der Waals surface area (Å²) in [6.07, 6.45) is 0.835. The molecule has 2 atom stereocenters. The maximum absolute atomic E-state index is 12.9. The Balaban J connectivity index is 1.67. The second kappa shape index (κ2) is 5.67. The fourth-order valence-electron chi connectivity index (χ4n) is 2.89. The molecular formula is C15H17FN2O2S. The number of nitrogens with zero attached hydrogens (tertiary/aromatic N) is 2. The summed E-state index contributed by atoms with van der Waals surface area (Å²) in [5.41, 5.74) is 1.03. The van der Waals surface area contributed by atoms with E-state index in [0.717, 1.165) is 17.7 Å². The monoisotopic (exact) mass is 308 g/mol. The molecule has 0 N–H and O–H groups in total. The molecule has 2 unspecified atom stereocenters. The highest BCUT2D eigenvalue weighted by molar-refractivity contribution is 7.99. The smallest absolute Gasteiger partial charge is 0.246 e. The molecule has 0 saturated carbocycles. The Kier molecular flexibility index (Phi) is 3.89. The van der Waals surface area contributed by atoms with E-state index in [9.17, 15) is 14.0 Å². The second-order valence-electron chi connectivity index (χ2n) is 5.49. The highest BCUT2D eigenvalue weighted by Gasteiger charge is 2.46. The Morgan fingerprint density at radius 2 is 2.00 bits per heavy atom. The van der Waals surface area contributed by atoms with Crippen LogP contribution in [0.1, 0.15) is 12.0 Å². The lowest BCUT2D eigenvalue weighted by molar-refractivity contribution is -0.151.